The lowest BCUT2D eigenvalue weighted by molar-refractivity contribution is -0.185. The number of likely N-dealkylation sites (tertiary alicyclic amines) is 1. The molecule has 2 N–H and O–H groups in total. The van der Waals surface area contributed by atoms with E-state index in [9.17, 15) is 14.7 Å². The van der Waals surface area contributed by atoms with E-state index in [-0.39, 0.29) is 11.8 Å². The van der Waals surface area contributed by atoms with Crippen molar-refractivity contribution >= 4 is 11.8 Å². The van der Waals surface area contributed by atoms with E-state index in [1.807, 2.05) is 6.07 Å². The standard InChI is InChI=1S/C18H21NO4.C6H12O2/c1-19-8-7-17-14-10-3-4-12(22-2)15(14)23-16(17)11(20)5-6-18(17,21)13(19)9-10;1-2-3-4-5-6(7)8/h3-4,13,16,21H,5-9H2,1-2H3;2-5H2,1H3,(H,7,8)/t13-,16+,17+,18-;/m1./s1. The smallest absolute Gasteiger partial charge is 0.303 e. The Morgan fingerprint density at radius 1 is 1.32 bits per heavy atom. The summed E-state index contributed by atoms with van der Waals surface area (Å²) in [5.41, 5.74) is 0.737. The fourth-order valence-corrected chi connectivity index (χ4v) is 6.21. The Morgan fingerprint density at radius 3 is 2.77 bits per heavy atom. The number of ether oxygens (including phenoxy) is 2. The summed E-state index contributed by atoms with van der Waals surface area (Å²) in [5, 5.41) is 19.9. The number of carboxylic acid groups (broad SMARTS) is 1. The predicted molar refractivity (Wildman–Crippen MR) is 115 cm³/mol. The van der Waals surface area contributed by atoms with Crippen LogP contribution in [0.4, 0.5) is 0 Å². The topological polar surface area (TPSA) is 96.3 Å². The Kier molecular flexibility index (Phi) is 5.77. The van der Waals surface area contributed by atoms with Crippen LogP contribution >= 0.6 is 0 Å². The number of piperidine rings is 1. The van der Waals surface area contributed by atoms with Crippen LogP contribution in [0.3, 0.4) is 0 Å². The van der Waals surface area contributed by atoms with E-state index in [0.29, 0.717) is 30.8 Å². The number of unbranched alkanes of at least 4 members (excludes halogenated alkanes) is 2. The molecule has 7 heteroatoms. The minimum Gasteiger partial charge on any atom is -0.493 e. The Labute approximate surface area is 183 Å². The molecule has 1 saturated heterocycles. The lowest BCUT2D eigenvalue weighted by Gasteiger charge is -2.62. The molecule has 2 bridgehead atoms. The normalized spacial score (nSPS) is 32.5. The molecule has 7 nitrogen and oxygen atoms in total. The number of carbonyl (C=O) groups excluding carboxylic acids is 1. The van der Waals surface area contributed by atoms with Crippen molar-refractivity contribution in [3.63, 3.8) is 0 Å². The number of carboxylic acids is 1. The maximum atomic E-state index is 12.7. The number of hydrogen-bond acceptors (Lipinski definition) is 6. The van der Waals surface area contributed by atoms with Gasteiger partial charge in [-0.25, -0.2) is 0 Å². The highest BCUT2D eigenvalue weighted by Gasteiger charge is 2.72. The van der Waals surface area contributed by atoms with Crippen molar-refractivity contribution in [3.8, 4) is 11.5 Å². The first-order valence-corrected chi connectivity index (χ1v) is 11.3. The van der Waals surface area contributed by atoms with Gasteiger partial charge in [0.1, 0.15) is 0 Å². The van der Waals surface area contributed by atoms with Crippen molar-refractivity contribution in [3.05, 3.63) is 23.3 Å². The van der Waals surface area contributed by atoms with Crippen LogP contribution in [0.25, 0.3) is 0 Å². The number of hydrogen-bond donors (Lipinski definition) is 2. The quantitative estimate of drug-likeness (QED) is 0.692. The van der Waals surface area contributed by atoms with Gasteiger partial charge in [0.05, 0.1) is 18.1 Å². The van der Waals surface area contributed by atoms with E-state index in [1.165, 1.54) is 5.56 Å². The summed E-state index contributed by atoms with van der Waals surface area (Å²) in [6.07, 6.45) is 5.17. The average molecular weight is 432 g/mol. The Morgan fingerprint density at radius 2 is 2.10 bits per heavy atom. The lowest BCUT2D eigenvalue weighted by atomic mass is 9.49. The van der Waals surface area contributed by atoms with Crippen LogP contribution in [0.15, 0.2) is 12.1 Å². The number of carbonyl (C=O) groups is 2. The second kappa shape index (κ2) is 8.10. The summed E-state index contributed by atoms with van der Waals surface area (Å²) in [6.45, 7) is 2.93. The number of likely N-dealkylation sites (N-methyl/N-ethyl adjacent to an activating group) is 1. The molecule has 2 aliphatic heterocycles. The van der Waals surface area contributed by atoms with E-state index in [1.54, 1.807) is 7.11 Å². The minimum absolute atomic E-state index is 0.0438. The molecule has 31 heavy (non-hydrogen) atoms. The zero-order valence-electron chi connectivity index (χ0n) is 18.6. The van der Waals surface area contributed by atoms with Gasteiger partial charge in [-0.15, -0.1) is 0 Å². The molecule has 0 radical (unpaired) electrons. The van der Waals surface area contributed by atoms with Crippen molar-refractivity contribution in [1.82, 2.24) is 4.90 Å². The van der Waals surface area contributed by atoms with Gasteiger partial charge >= 0.3 is 5.97 Å². The number of methoxy groups -OCH3 is 1. The molecule has 2 heterocycles. The number of ketones is 1. The number of aliphatic hydroxyl groups is 1. The molecule has 1 spiro atoms. The molecule has 1 saturated carbocycles. The molecule has 2 fully saturated rings. The lowest BCUT2D eigenvalue weighted by Crippen LogP contribution is -2.76. The molecule has 0 unspecified atom stereocenters. The highest BCUT2D eigenvalue weighted by atomic mass is 16.5. The number of benzene rings is 1. The molecule has 1 aromatic carbocycles. The van der Waals surface area contributed by atoms with E-state index in [0.717, 1.165) is 44.2 Å². The summed E-state index contributed by atoms with van der Waals surface area (Å²) in [4.78, 5) is 24.8. The van der Waals surface area contributed by atoms with Gasteiger partial charge in [-0.05, 0) is 50.9 Å². The molecule has 5 rings (SSSR count). The third-order valence-electron chi connectivity index (χ3n) is 7.72. The fraction of sp³-hybridized carbons (Fsp3) is 0.667. The van der Waals surface area contributed by atoms with Crippen molar-refractivity contribution in [1.29, 1.82) is 0 Å². The Bertz CT molecular complexity index is 885. The van der Waals surface area contributed by atoms with E-state index in [2.05, 4.69) is 24.9 Å². The van der Waals surface area contributed by atoms with Crippen molar-refractivity contribution in [2.45, 2.75) is 81.5 Å². The molecule has 2 aliphatic carbocycles. The molecule has 0 aromatic heterocycles. The van der Waals surface area contributed by atoms with E-state index >= 15 is 0 Å². The second-order valence-corrected chi connectivity index (χ2v) is 9.29. The van der Waals surface area contributed by atoms with Crippen molar-refractivity contribution < 1.29 is 29.3 Å². The van der Waals surface area contributed by atoms with Crippen LogP contribution in [-0.2, 0) is 21.4 Å². The van der Waals surface area contributed by atoms with Gasteiger partial charge in [0.15, 0.2) is 23.4 Å². The van der Waals surface area contributed by atoms with Crippen LogP contribution in [0, 0.1) is 0 Å². The summed E-state index contributed by atoms with van der Waals surface area (Å²) in [7, 11) is 3.70. The summed E-state index contributed by atoms with van der Waals surface area (Å²) >= 11 is 0. The van der Waals surface area contributed by atoms with Gasteiger partial charge in [-0.3, -0.25) is 9.59 Å². The van der Waals surface area contributed by atoms with Crippen LogP contribution in [-0.4, -0.2) is 65.3 Å². The Hall–Kier alpha value is -2.12. The van der Waals surface area contributed by atoms with Crippen molar-refractivity contribution in [2.75, 3.05) is 20.7 Å². The first kappa shape index (κ1) is 22.1. The SMILES string of the molecule is CCCCCC(=O)O.COc1ccc2c3c1O[C@H]1C(=O)CC[C@@]4(O)[C@@H](C2)N(C)CC[C@]314. The Balaban J connectivity index is 0.000000250. The fourth-order valence-electron chi connectivity index (χ4n) is 6.21. The maximum Gasteiger partial charge on any atom is 0.303 e. The van der Waals surface area contributed by atoms with Gasteiger partial charge < -0.3 is 24.6 Å². The largest absolute Gasteiger partial charge is 0.493 e. The highest BCUT2D eigenvalue weighted by Crippen LogP contribution is 2.64. The third kappa shape index (κ3) is 3.16. The highest BCUT2D eigenvalue weighted by molar-refractivity contribution is 5.90. The second-order valence-electron chi connectivity index (χ2n) is 9.29. The number of aliphatic carboxylic acids is 1. The van der Waals surface area contributed by atoms with Crippen LogP contribution in [0.5, 0.6) is 11.5 Å². The first-order chi connectivity index (χ1) is 14.8. The predicted octanol–water partition coefficient (Wildman–Crippen LogP) is 2.70. The third-order valence-corrected chi connectivity index (χ3v) is 7.72. The molecular formula is C24H33NO6. The molecule has 0 amide bonds. The zero-order chi connectivity index (χ0) is 22.4. The van der Waals surface area contributed by atoms with E-state index in [4.69, 9.17) is 14.6 Å². The minimum atomic E-state index is -0.900. The van der Waals surface area contributed by atoms with Gasteiger partial charge in [-0.1, -0.05) is 25.8 Å². The van der Waals surface area contributed by atoms with Gasteiger partial charge in [0.25, 0.3) is 0 Å². The maximum absolute atomic E-state index is 12.7. The van der Waals surface area contributed by atoms with Crippen LogP contribution in [0.2, 0.25) is 0 Å². The first-order valence-electron chi connectivity index (χ1n) is 11.3. The summed E-state index contributed by atoms with van der Waals surface area (Å²) in [5.74, 6) is 0.786. The number of nitrogens with zero attached hydrogens (tertiary/aromatic N) is 1. The summed E-state index contributed by atoms with van der Waals surface area (Å²) < 4.78 is 11.6. The zero-order valence-corrected chi connectivity index (χ0v) is 18.6. The van der Waals surface area contributed by atoms with Crippen LogP contribution in [0.1, 0.15) is 63.0 Å². The van der Waals surface area contributed by atoms with Crippen molar-refractivity contribution in [2.24, 2.45) is 0 Å². The van der Waals surface area contributed by atoms with E-state index < -0.39 is 23.1 Å². The monoisotopic (exact) mass is 431 g/mol. The van der Waals surface area contributed by atoms with Crippen LogP contribution < -0.4 is 9.47 Å². The van der Waals surface area contributed by atoms with Gasteiger partial charge in [0, 0.05) is 24.4 Å². The summed E-state index contributed by atoms with van der Waals surface area (Å²) in [6, 6.07) is 4.05. The molecule has 4 aliphatic rings. The van der Waals surface area contributed by atoms with Gasteiger partial charge in [0.2, 0.25) is 0 Å². The number of Topliss-reactive ketones (excluding diaryl/α,β-unsaturated/α-hetero) is 1. The molecule has 1 aromatic rings. The average Bonchev–Trinajstić information content (AvgIpc) is 3.10. The van der Waals surface area contributed by atoms with Gasteiger partial charge in [-0.2, -0.15) is 0 Å². The molecule has 170 valence electrons. The number of rotatable bonds is 5. The molecular weight excluding hydrogens is 398 g/mol. The molecule has 4 atom stereocenters.